The summed E-state index contributed by atoms with van der Waals surface area (Å²) in [5.41, 5.74) is 1.00. The van der Waals surface area contributed by atoms with E-state index in [-0.39, 0.29) is 27.8 Å². The van der Waals surface area contributed by atoms with Crippen molar-refractivity contribution in [3.8, 4) is 5.75 Å². The summed E-state index contributed by atoms with van der Waals surface area (Å²) in [6.45, 7) is 3.70. The Labute approximate surface area is 215 Å². The van der Waals surface area contributed by atoms with Crippen molar-refractivity contribution in [2.24, 2.45) is 0 Å². The maximum absolute atomic E-state index is 12.8. The van der Waals surface area contributed by atoms with Crippen LogP contribution in [0.3, 0.4) is 0 Å². The van der Waals surface area contributed by atoms with E-state index in [9.17, 15) is 22.8 Å². The fourth-order valence-corrected chi connectivity index (χ4v) is 4.24. The molecular weight excluding hydrogens is 498 g/mol. The van der Waals surface area contributed by atoms with Crippen LogP contribution in [-0.4, -0.2) is 50.9 Å². The van der Waals surface area contributed by atoms with E-state index in [1.54, 1.807) is 21.0 Å². The molecule has 10 nitrogen and oxygen atoms in total. The first-order valence-corrected chi connectivity index (χ1v) is 12.8. The maximum atomic E-state index is 12.8. The Morgan fingerprint density at radius 2 is 1.70 bits per heavy atom. The van der Waals surface area contributed by atoms with Crippen LogP contribution in [0.2, 0.25) is 0 Å². The quantitative estimate of drug-likeness (QED) is 0.385. The molecule has 0 saturated heterocycles. The Hall–Kier alpha value is -4.25. The largest absolute Gasteiger partial charge is 0.497 e. The number of nitrogens with one attached hydrogen (secondary N) is 2. The molecule has 2 aromatic carbocycles. The molecular formula is C26H27N3O7S. The number of amides is 2. The van der Waals surface area contributed by atoms with Crippen LogP contribution in [0, 0.1) is 0 Å². The summed E-state index contributed by atoms with van der Waals surface area (Å²) in [4.78, 5) is 40.6. The van der Waals surface area contributed by atoms with Crippen LogP contribution >= 0.6 is 0 Å². The Morgan fingerprint density at radius 3 is 2.38 bits per heavy atom. The zero-order chi connectivity index (χ0) is 27.0. The number of pyridine rings is 1. The standard InChI is InChI=1S/C26H27N3O7S/c1-17(2)36-26(32)23-11-10-20(16-28-23)25(31)29-37(33,34)22-9-5-7-19(15-22)24(30)27-13-12-18-6-4-8-21(14-18)35-3/h4-11,14-17H,12-13H2,1-3H3,(H,27,30)(H,29,31). The van der Waals surface area contributed by atoms with Crippen molar-refractivity contribution in [1.29, 1.82) is 0 Å². The Bertz CT molecular complexity index is 1390. The topological polar surface area (TPSA) is 141 Å². The van der Waals surface area contributed by atoms with Crippen LogP contribution in [0.4, 0.5) is 0 Å². The Kier molecular flexibility index (Phi) is 8.96. The fourth-order valence-electron chi connectivity index (χ4n) is 3.22. The van der Waals surface area contributed by atoms with Crippen molar-refractivity contribution in [2.45, 2.75) is 31.3 Å². The molecule has 0 aliphatic heterocycles. The molecule has 0 unspecified atom stereocenters. The third kappa shape index (κ3) is 7.61. The van der Waals surface area contributed by atoms with Gasteiger partial charge in [0, 0.05) is 18.3 Å². The fraction of sp³-hybridized carbons (Fsp3) is 0.231. The van der Waals surface area contributed by atoms with Gasteiger partial charge in [-0.3, -0.25) is 9.59 Å². The highest BCUT2D eigenvalue weighted by Crippen LogP contribution is 2.14. The minimum absolute atomic E-state index is 0.0155. The van der Waals surface area contributed by atoms with Gasteiger partial charge in [0.2, 0.25) is 0 Å². The van der Waals surface area contributed by atoms with Crippen LogP contribution in [0.5, 0.6) is 5.75 Å². The first kappa shape index (κ1) is 27.3. The monoisotopic (exact) mass is 525 g/mol. The number of methoxy groups -OCH3 is 1. The van der Waals surface area contributed by atoms with E-state index in [1.807, 2.05) is 29.0 Å². The van der Waals surface area contributed by atoms with Gasteiger partial charge in [0.1, 0.15) is 11.4 Å². The summed E-state index contributed by atoms with van der Waals surface area (Å²) in [6.07, 6.45) is 1.29. The van der Waals surface area contributed by atoms with Crippen LogP contribution < -0.4 is 14.8 Å². The van der Waals surface area contributed by atoms with Crippen molar-refractivity contribution < 1.29 is 32.3 Å². The zero-order valence-electron chi connectivity index (χ0n) is 20.6. The Balaban J connectivity index is 1.63. The molecule has 194 valence electrons. The van der Waals surface area contributed by atoms with Crippen molar-refractivity contribution in [3.05, 3.63) is 89.2 Å². The lowest BCUT2D eigenvalue weighted by molar-refractivity contribution is 0.0370. The van der Waals surface area contributed by atoms with Gasteiger partial charge in [-0.1, -0.05) is 18.2 Å². The maximum Gasteiger partial charge on any atom is 0.357 e. The number of esters is 1. The average Bonchev–Trinajstić information content (AvgIpc) is 2.88. The van der Waals surface area contributed by atoms with Gasteiger partial charge in [-0.05, 0) is 68.3 Å². The van der Waals surface area contributed by atoms with Gasteiger partial charge in [-0.2, -0.15) is 0 Å². The molecule has 0 saturated carbocycles. The van der Waals surface area contributed by atoms with E-state index in [0.717, 1.165) is 11.8 Å². The number of hydrogen-bond donors (Lipinski definition) is 2. The zero-order valence-corrected chi connectivity index (χ0v) is 21.4. The van der Waals surface area contributed by atoms with E-state index >= 15 is 0 Å². The van der Waals surface area contributed by atoms with Crippen molar-refractivity contribution in [1.82, 2.24) is 15.0 Å². The van der Waals surface area contributed by atoms with Crippen LogP contribution in [-0.2, 0) is 21.2 Å². The molecule has 0 fully saturated rings. The second-order valence-electron chi connectivity index (χ2n) is 8.21. The number of benzene rings is 2. The molecule has 2 amide bonds. The van der Waals surface area contributed by atoms with Crippen molar-refractivity contribution in [3.63, 3.8) is 0 Å². The van der Waals surface area contributed by atoms with Gasteiger partial charge in [0.25, 0.3) is 21.8 Å². The minimum Gasteiger partial charge on any atom is -0.497 e. The second kappa shape index (κ2) is 12.1. The molecule has 1 heterocycles. The third-order valence-corrected chi connectivity index (χ3v) is 6.37. The van der Waals surface area contributed by atoms with E-state index in [0.29, 0.717) is 18.7 Å². The molecule has 37 heavy (non-hydrogen) atoms. The molecule has 0 aliphatic rings. The first-order valence-electron chi connectivity index (χ1n) is 11.3. The Morgan fingerprint density at radius 1 is 0.946 bits per heavy atom. The third-order valence-electron chi connectivity index (χ3n) is 5.04. The van der Waals surface area contributed by atoms with Crippen molar-refractivity contribution >= 4 is 27.8 Å². The lowest BCUT2D eigenvalue weighted by Gasteiger charge is -2.10. The second-order valence-corrected chi connectivity index (χ2v) is 9.89. The summed E-state index contributed by atoms with van der Waals surface area (Å²) in [6, 6.07) is 15.3. The molecule has 0 bridgehead atoms. The normalized spacial score (nSPS) is 11.0. The van der Waals surface area contributed by atoms with Gasteiger partial charge in [-0.15, -0.1) is 0 Å². The number of rotatable bonds is 10. The average molecular weight is 526 g/mol. The number of hydrogen-bond acceptors (Lipinski definition) is 8. The molecule has 0 aliphatic carbocycles. The van der Waals surface area contributed by atoms with Gasteiger partial charge < -0.3 is 14.8 Å². The van der Waals surface area contributed by atoms with E-state index in [1.165, 1.54) is 36.4 Å². The van der Waals surface area contributed by atoms with Crippen LogP contribution in [0.25, 0.3) is 0 Å². The van der Waals surface area contributed by atoms with Gasteiger partial charge in [-0.25, -0.2) is 22.9 Å². The van der Waals surface area contributed by atoms with Gasteiger partial charge in [0.15, 0.2) is 0 Å². The highest BCUT2D eigenvalue weighted by Gasteiger charge is 2.21. The number of sulfonamides is 1. The summed E-state index contributed by atoms with van der Waals surface area (Å²) in [5.74, 6) is -1.35. The van der Waals surface area contributed by atoms with Crippen molar-refractivity contribution in [2.75, 3.05) is 13.7 Å². The molecule has 11 heteroatoms. The summed E-state index contributed by atoms with van der Waals surface area (Å²) in [7, 11) is -2.72. The first-order chi connectivity index (χ1) is 17.6. The number of carbonyl (C=O) groups excluding carboxylic acids is 3. The summed E-state index contributed by atoms with van der Waals surface area (Å²) >= 11 is 0. The molecule has 0 radical (unpaired) electrons. The molecule has 2 N–H and O–H groups in total. The van der Waals surface area contributed by atoms with Crippen LogP contribution in [0.15, 0.2) is 71.8 Å². The predicted molar refractivity (Wildman–Crippen MR) is 135 cm³/mol. The van der Waals surface area contributed by atoms with Gasteiger partial charge >= 0.3 is 5.97 Å². The molecule has 3 rings (SSSR count). The highest BCUT2D eigenvalue weighted by molar-refractivity contribution is 7.90. The van der Waals surface area contributed by atoms with E-state index < -0.39 is 27.8 Å². The van der Waals surface area contributed by atoms with E-state index in [4.69, 9.17) is 9.47 Å². The lowest BCUT2D eigenvalue weighted by Crippen LogP contribution is -2.31. The van der Waals surface area contributed by atoms with Crippen LogP contribution in [0.1, 0.15) is 50.6 Å². The predicted octanol–water partition coefficient (Wildman–Crippen LogP) is 2.75. The number of nitrogens with zero attached hydrogens (tertiary/aromatic N) is 1. The molecule has 0 spiro atoms. The smallest absolute Gasteiger partial charge is 0.357 e. The molecule has 1 aromatic heterocycles. The SMILES string of the molecule is COc1cccc(CCNC(=O)c2cccc(S(=O)(=O)NC(=O)c3ccc(C(=O)OC(C)C)nc3)c2)c1. The summed E-state index contributed by atoms with van der Waals surface area (Å²) in [5, 5.41) is 2.75. The molecule has 3 aromatic rings. The minimum atomic E-state index is -4.29. The number of carbonyl (C=O) groups is 3. The lowest BCUT2D eigenvalue weighted by atomic mass is 10.1. The summed E-state index contributed by atoms with van der Waals surface area (Å²) < 4.78 is 37.7. The number of ether oxygens (including phenoxy) is 2. The molecule has 0 atom stereocenters. The number of aromatic nitrogens is 1. The van der Waals surface area contributed by atoms with E-state index in [2.05, 4.69) is 10.3 Å². The van der Waals surface area contributed by atoms with Gasteiger partial charge in [0.05, 0.1) is 23.7 Å². The highest BCUT2D eigenvalue weighted by atomic mass is 32.2.